The number of piperidine rings is 1. The first-order valence-corrected chi connectivity index (χ1v) is 9.42. The molecule has 0 bridgehead atoms. The van der Waals surface area contributed by atoms with Gasteiger partial charge in [-0.15, -0.1) is 0 Å². The molecule has 0 amide bonds. The van der Waals surface area contributed by atoms with Crippen molar-refractivity contribution in [1.82, 2.24) is 9.62 Å². The van der Waals surface area contributed by atoms with E-state index in [0.717, 1.165) is 38.8 Å². The van der Waals surface area contributed by atoms with Crippen LogP contribution in [0, 0.1) is 5.92 Å². The van der Waals surface area contributed by atoms with Crippen molar-refractivity contribution in [3.05, 3.63) is 0 Å². The minimum absolute atomic E-state index is 0.0870. The van der Waals surface area contributed by atoms with Crippen LogP contribution in [0.15, 0.2) is 0 Å². The van der Waals surface area contributed by atoms with E-state index in [1.165, 1.54) is 0 Å². The number of ether oxygens (including phenoxy) is 1. The fourth-order valence-corrected chi connectivity index (χ4v) is 4.32. The second kappa shape index (κ2) is 7.20. The van der Waals surface area contributed by atoms with Gasteiger partial charge in [0.1, 0.15) is 0 Å². The van der Waals surface area contributed by atoms with Crippen molar-refractivity contribution in [3.63, 3.8) is 0 Å². The van der Waals surface area contributed by atoms with Gasteiger partial charge in [-0.3, -0.25) is 0 Å². The molecule has 0 unspecified atom stereocenters. The molecule has 6 heteroatoms. The average Bonchev–Trinajstić information content (AvgIpc) is 3.20. The van der Waals surface area contributed by atoms with Gasteiger partial charge in [-0.2, -0.15) is 4.31 Å². The molecule has 118 valence electrons. The molecule has 0 aromatic heterocycles. The van der Waals surface area contributed by atoms with Crippen LogP contribution in [0.2, 0.25) is 0 Å². The molecule has 2 rings (SSSR count). The van der Waals surface area contributed by atoms with Crippen LogP contribution in [0.4, 0.5) is 0 Å². The third kappa shape index (κ3) is 4.98. The zero-order chi connectivity index (χ0) is 14.6. The summed E-state index contributed by atoms with van der Waals surface area (Å²) in [5, 5.41) is 3.33. The van der Waals surface area contributed by atoms with Gasteiger partial charge in [-0.05, 0) is 58.5 Å². The minimum atomic E-state index is -3.17. The summed E-state index contributed by atoms with van der Waals surface area (Å²) >= 11 is 0. The maximum Gasteiger partial charge on any atom is 0.216 e. The molecule has 1 aliphatic carbocycles. The summed E-state index contributed by atoms with van der Waals surface area (Å²) in [7, 11) is -3.17. The van der Waals surface area contributed by atoms with Gasteiger partial charge in [0, 0.05) is 12.6 Å². The highest BCUT2D eigenvalue weighted by Crippen LogP contribution is 2.31. The Morgan fingerprint density at radius 3 is 2.40 bits per heavy atom. The fourth-order valence-electron chi connectivity index (χ4n) is 2.68. The quantitative estimate of drug-likeness (QED) is 0.732. The summed E-state index contributed by atoms with van der Waals surface area (Å²) in [5.41, 5.74) is 0. The van der Waals surface area contributed by atoms with E-state index >= 15 is 0 Å². The van der Waals surface area contributed by atoms with Crippen molar-refractivity contribution in [1.29, 1.82) is 0 Å². The molecule has 0 aromatic carbocycles. The van der Waals surface area contributed by atoms with Gasteiger partial charge in [0.05, 0.1) is 18.5 Å². The predicted molar refractivity (Wildman–Crippen MR) is 80.2 cm³/mol. The van der Waals surface area contributed by atoms with E-state index < -0.39 is 10.0 Å². The molecule has 0 aromatic rings. The first-order valence-electron chi connectivity index (χ1n) is 7.81. The lowest BCUT2D eigenvalue weighted by molar-refractivity contribution is 0.0905. The van der Waals surface area contributed by atoms with Gasteiger partial charge < -0.3 is 10.1 Å². The van der Waals surface area contributed by atoms with E-state index in [1.807, 2.05) is 13.8 Å². The topological polar surface area (TPSA) is 58.6 Å². The van der Waals surface area contributed by atoms with Crippen LogP contribution in [0.1, 0.15) is 39.5 Å². The van der Waals surface area contributed by atoms with Crippen molar-refractivity contribution in [2.45, 2.75) is 51.7 Å². The second-order valence-corrected chi connectivity index (χ2v) is 8.27. The molecular weight excluding hydrogens is 276 g/mol. The van der Waals surface area contributed by atoms with Gasteiger partial charge >= 0.3 is 0 Å². The molecule has 1 aliphatic heterocycles. The monoisotopic (exact) mass is 304 g/mol. The normalized spacial score (nSPS) is 21.8. The lowest BCUT2D eigenvalue weighted by atomic mass is 9.98. The number of sulfonamides is 1. The van der Waals surface area contributed by atoms with Gasteiger partial charge in [0.15, 0.2) is 0 Å². The maximum atomic E-state index is 12.5. The van der Waals surface area contributed by atoms with Gasteiger partial charge in [-0.1, -0.05) is 0 Å². The van der Waals surface area contributed by atoms with Crippen molar-refractivity contribution in [2.24, 2.45) is 5.92 Å². The van der Waals surface area contributed by atoms with E-state index in [9.17, 15) is 8.42 Å². The molecule has 0 atom stereocenters. The largest absolute Gasteiger partial charge is 0.378 e. The molecule has 5 nitrogen and oxygen atoms in total. The molecule has 0 spiro atoms. The van der Waals surface area contributed by atoms with Crippen molar-refractivity contribution >= 4 is 10.0 Å². The zero-order valence-corrected chi connectivity index (χ0v) is 13.5. The fraction of sp³-hybridized carbons (Fsp3) is 1.00. The molecule has 1 N–H and O–H groups in total. The highest BCUT2D eigenvalue weighted by molar-refractivity contribution is 7.89. The molecule has 0 radical (unpaired) electrons. The summed E-state index contributed by atoms with van der Waals surface area (Å²) in [5.74, 6) is 0.629. The zero-order valence-electron chi connectivity index (χ0n) is 12.7. The van der Waals surface area contributed by atoms with E-state index in [-0.39, 0.29) is 17.9 Å². The highest BCUT2D eigenvalue weighted by Gasteiger charge is 2.38. The van der Waals surface area contributed by atoms with Crippen LogP contribution in [0.5, 0.6) is 0 Å². The van der Waals surface area contributed by atoms with Gasteiger partial charge in [0.25, 0.3) is 0 Å². The summed E-state index contributed by atoms with van der Waals surface area (Å²) < 4.78 is 32.2. The molecular formula is C14H28N2O3S. The third-order valence-corrected chi connectivity index (χ3v) is 5.85. The SMILES string of the molecule is CC(C)OCCS(=O)(=O)N(CC1CCNCC1)C1CC1. The summed E-state index contributed by atoms with van der Waals surface area (Å²) in [6.45, 7) is 6.89. The Morgan fingerprint density at radius 1 is 1.20 bits per heavy atom. The summed E-state index contributed by atoms with van der Waals surface area (Å²) in [6, 6.07) is 0.258. The Kier molecular flexibility index (Phi) is 5.84. The number of hydrogen-bond acceptors (Lipinski definition) is 4. The second-order valence-electron chi connectivity index (χ2n) is 6.23. The Morgan fingerprint density at radius 2 is 1.85 bits per heavy atom. The highest BCUT2D eigenvalue weighted by atomic mass is 32.2. The smallest absolute Gasteiger partial charge is 0.216 e. The van der Waals surface area contributed by atoms with Crippen LogP contribution in [-0.4, -0.2) is 56.9 Å². The predicted octanol–water partition coefficient (Wildman–Crippen LogP) is 1.21. The van der Waals surface area contributed by atoms with Crippen molar-refractivity contribution < 1.29 is 13.2 Å². The molecule has 2 fully saturated rings. The number of nitrogens with one attached hydrogen (secondary N) is 1. The average molecular weight is 304 g/mol. The first-order chi connectivity index (χ1) is 9.49. The molecule has 1 heterocycles. The first kappa shape index (κ1) is 16.2. The third-order valence-electron chi connectivity index (χ3n) is 4.00. The molecule has 1 saturated heterocycles. The maximum absolute atomic E-state index is 12.5. The van der Waals surface area contributed by atoms with Crippen LogP contribution in [0.25, 0.3) is 0 Å². The number of rotatable bonds is 8. The van der Waals surface area contributed by atoms with Gasteiger partial charge in [-0.25, -0.2) is 8.42 Å². The van der Waals surface area contributed by atoms with Crippen molar-refractivity contribution in [3.8, 4) is 0 Å². The minimum Gasteiger partial charge on any atom is -0.378 e. The van der Waals surface area contributed by atoms with E-state index in [0.29, 0.717) is 19.1 Å². The van der Waals surface area contributed by atoms with Crippen LogP contribution in [0.3, 0.4) is 0 Å². The Balaban J connectivity index is 1.89. The Labute approximate surface area is 123 Å². The molecule has 20 heavy (non-hydrogen) atoms. The van der Waals surface area contributed by atoms with Crippen LogP contribution >= 0.6 is 0 Å². The Bertz CT molecular complexity index is 387. The standard InChI is InChI=1S/C14H28N2O3S/c1-12(2)19-9-10-20(17,18)16(14-3-4-14)11-13-5-7-15-8-6-13/h12-15H,3-11H2,1-2H3. The lowest BCUT2D eigenvalue weighted by Crippen LogP contribution is -2.42. The van der Waals surface area contributed by atoms with Crippen LogP contribution in [-0.2, 0) is 14.8 Å². The van der Waals surface area contributed by atoms with Crippen LogP contribution < -0.4 is 5.32 Å². The number of hydrogen-bond donors (Lipinski definition) is 1. The lowest BCUT2D eigenvalue weighted by Gasteiger charge is -2.29. The van der Waals surface area contributed by atoms with E-state index in [1.54, 1.807) is 4.31 Å². The molecule has 2 aliphatic rings. The van der Waals surface area contributed by atoms with Crippen molar-refractivity contribution in [2.75, 3.05) is 32.0 Å². The van der Waals surface area contributed by atoms with E-state index in [2.05, 4.69) is 5.32 Å². The Hall–Kier alpha value is -0.170. The summed E-state index contributed by atoms with van der Waals surface area (Å²) in [4.78, 5) is 0. The van der Waals surface area contributed by atoms with E-state index in [4.69, 9.17) is 4.74 Å². The van der Waals surface area contributed by atoms with Gasteiger partial charge in [0.2, 0.25) is 10.0 Å². The summed E-state index contributed by atoms with van der Waals surface area (Å²) in [6.07, 6.45) is 4.30. The molecule has 1 saturated carbocycles. The number of nitrogens with zero attached hydrogens (tertiary/aromatic N) is 1.